The van der Waals surface area contributed by atoms with Crippen molar-refractivity contribution < 1.29 is 13.9 Å². The van der Waals surface area contributed by atoms with Gasteiger partial charge in [-0.15, -0.1) is 0 Å². The van der Waals surface area contributed by atoms with Crippen molar-refractivity contribution in [1.82, 2.24) is 9.97 Å². The van der Waals surface area contributed by atoms with Gasteiger partial charge in [-0.05, 0) is 25.7 Å². The summed E-state index contributed by atoms with van der Waals surface area (Å²) >= 11 is 0. The van der Waals surface area contributed by atoms with Gasteiger partial charge in [-0.1, -0.05) is 0 Å². The van der Waals surface area contributed by atoms with E-state index in [4.69, 9.17) is 5.26 Å². The molecular formula is C15H19F2N5O. The highest BCUT2D eigenvalue weighted by Crippen LogP contribution is 2.39. The summed E-state index contributed by atoms with van der Waals surface area (Å²) in [6.45, 7) is 0. The van der Waals surface area contributed by atoms with E-state index in [1.807, 2.05) is 6.07 Å². The molecule has 2 saturated carbocycles. The zero-order chi connectivity index (χ0) is 16.4. The third-order valence-corrected chi connectivity index (χ3v) is 4.37. The van der Waals surface area contributed by atoms with Gasteiger partial charge in [0.2, 0.25) is 5.95 Å². The van der Waals surface area contributed by atoms with Crippen molar-refractivity contribution >= 4 is 11.8 Å². The molecule has 0 atom stereocenters. The van der Waals surface area contributed by atoms with Crippen molar-refractivity contribution in [2.75, 3.05) is 10.6 Å². The summed E-state index contributed by atoms with van der Waals surface area (Å²) in [5, 5.41) is 24.7. The van der Waals surface area contributed by atoms with Gasteiger partial charge in [-0.2, -0.15) is 10.2 Å². The van der Waals surface area contributed by atoms with Crippen molar-refractivity contribution in [3.63, 3.8) is 0 Å². The Bertz CT molecular complexity index is 602. The number of hydrogen-bond acceptors (Lipinski definition) is 6. The van der Waals surface area contributed by atoms with Gasteiger partial charge in [0.15, 0.2) is 0 Å². The first kappa shape index (κ1) is 15.9. The molecule has 2 fully saturated rings. The van der Waals surface area contributed by atoms with E-state index in [2.05, 4.69) is 20.6 Å². The summed E-state index contributed by atoms with van der Waals surface area (Å²) in [7, 11) is 0. The summed E-state index contributed by atoms with van der Waals surface area (Å²) in [4.78, 5) is 8.37. The second-order valence-electron chi connectivity index (χ2n) is 6.32. The monoisotopic (exact) mass is 323 g/mol. The summed E-state index contributed by atoms with van der Waals surface area (Å²) in [5.74, 6) is -1.96. The van der Waals surface area contributed by atoms with Crippen LogP contribution in [0.4, 0.5) is 20.5 Å². The number of anilines is 2. The maximum Gasteiger partial charge on any atom is 0.252 e. The molecule has 6 nitrogen and oxygen atoms in total. The second-order valence-corrected chi connectivity index (χ2v) is 6.32. The number of aromatic nitrogens is 2. The Labute approximate surface area is 132 Å². The molecule has 3 N–H and O–H groups in total. The summed E-state index contributed by atoms with van der Waals surface area (Å²) in [5.41, 5.74) is 0.241. The second kappa shape index (κ2) is 6.24. The van der Waals surface area contributed by atoms with Crippen LogP contribution in [0.25, 0.3) is 0 Å². The summed E-state index contributed by atoms with van der Waals surface area (Å²) < 4.78 is 25.8. The quantitative estimate of drug-likeness (QED) is 0.787. The fourth-order valence-electron chi connectivity index (χ4n) is 3.00. The van der Waals surface area contributed by atoms with Gasteiger partial charge < -0.3 is 15.7 Å². The number of alkyl halides is 2. The Morgan fingerprint density at radius 2 is 1.87 bits per heavy atom. The molecule has 0 spiro atoms. The molecule has 1 heterocycles. The lowest BCUT2D eigenvalue weighted by atomic mass is 9.88. The smallest absolute Gasteiger partial charge is 0.252 e. The maximum atomic E-state index is 12.9. The number of hydrogen-bond donors (Lipinski definition) is 3. The minimum absolute atomic E-state index is 0.173. The van der Waals surface area contributed by atoms with Crippen molar-refractivity contribution in [3.8, 4) is 6.07 Å². The van der Waals surface area contributed by atoms with Gasteiger partial charge in [0, 0.05) is 24.9 Å². The molecule has 3 rings (SSSR count). The van der Waals surface area contributed by atoms with E-state index in [-0.39, 0.29) is 36.6 Å². The van der Waals surface area contributed by atoms with Crippen molar-refractivity contribution in [2.24, 2.45) is 0 Å². The van der Waals surface area contributed by atoms with Crippen LogP contribution in [-0.4, -0.2) is 39.2 Å². The Kier molecular flexibility index (Phi) is 4.31. The Balaban J connectivity index is 1.65. The standard InChI is InChI=1S/C15H19F2N5O/c16-15(17)5-11(6-15)20-13-9(7-18)8-19-14(22-13)21-10-1-3-12(23)4-2-10/h8,10-12,23H,1-6H2,(H2,19,20,21,22). The van der Waals surface area contributed by atoms with Gasteiger partial charge in [0.25, 0.3) is 5.92 Å². The highest BCUT2D eigenvalue weighted by molar-refractivity contribution is 5.54. The van der Waals surface area contributed by atoms with Gasteiger partial charge in [0.1, 0.15) is 17.5 Å². The number of aliphatic hydroxyl groups excluding tert-OH is 1. The van der Waals surface area contributed by atoms with Crippen LogP contribution in [0, 0.1) is 11.3 Å². The predicted molar refractivity (Wildman–Crippen MR) is 80.2 cm³/mol. The average Bonchev–Trinajstić information content (AvgIpc) is 2.48. The van der Waals surface area contributed by atoms with Crippen molar-refractivity contribution in [2.45, 2.75) is 62.6 Å². The van der Waals surface area contributed by atoms with Crippen LogP contribution in [-0.2, 0) is 0 Å². The van der Waals surface area contributed by atoms with E-state index >= 15 is 0 Å². The molecule has 1 aromatic rings. The first-order valence-corrected chi connectivity index (χ1v) is 7.81. The molecule has 23 heavy (non-hydrogen) atoms. The predicted octanol–water partition coefficient (Wildman–Crippen LogP) is 2.27. The van der Waals surface area contributed by atoms with Crippen LogP contribution in [0.1, 0.15) is 44.1 Å². The first-order valence-electron chi connectivity index (χ1n) is 7.81. The third-order valence-electron chi connectivity index (χ3n) is 4.37. The van der Waals surface area contributed by atoms with Gasteiger partial charge in [0.05, 0.1) is 12.3 Å². The van der Waals surface area contributed by atoms with E-state index in [1.54, 1.807) is 0 Å². The normalized spacial score (nSPS) is 26.9. The van der Waals surface area contributed by atoms with E-state index in [0.29, 0.717) is 11.8 Å². The molecular weight excluding hydrogens is 304 g/mol. The fraction of sp³-hybridized carbons (Fsp3) is 0.667. The fourth-order valence-corrected chi connectivity index (χ4v) is 3.00. The Morgan fingerprint density at radius 3 is 2.48 bits per heavy atom. The molecule has 1 aromatic heterocycles. The number of nitrogens with zero attached hydrogens (tertiary/aromatic N) is 3. The van der Waals surface area contributed by atoms with Gasteiger partial charge >= 0.3 is 0 Å². The molecule has 0 unspecified atom stereocenters. The SMILES string of the molecule is N#Cc1cnc(NC2CCC(O)CC2)nc1NC1CC(F)(F)C1. The Hall–Kier alpha value is -2.01. The van der Waals surface area contributed by atoms with E-state index in [0.717, 1.165) is 25.7 Å². The van der Waals surface area contributed by atoms with Crippen LogP contribution < -0.4 is 10.6 Å². The lowest BCUT2D eigenvalue weighted by Crippen LogP contribution is -2.44. The average molecular weight is 323 g/mol. The Morgan fingerprint density at radius 1 is 1.17 bits per heavy atom. The van der Waals surface area contributed by atoms with E-state index in [1.165, 1.54) is 6.20 Å². The number of nitrogens with one attached hydrogen (secondary N) is 2. The largest absolute Gasteiger partial charge is 0.393 e. The van der Waals surface area contributed by atoms with Crippen LogP contribution in [0.2, 0.25) is 0 Å². The summed E-state index contributed by atoms with van der Waals surface area (Å²) in [6, 6.07) is 1.77. The number of halogens is 2. The van der Waals surface area contributed by atoms with Crippen LogP contribution in [0.5, 0.6) is 0 Å². The van der Waals surface area contributed by atoms with E-state index in [9.17, 15) is 13.9 Å². The minimum Gasteiger partial charge on any atom is -0.393 e. The molecule has 0 aromatic carbocycles. The summed E-state index contributed by atoms with van der Waals surface area (Å²) in [6.07, 6.45) is 3.77. The molecule has 2 aliphatic carbocycles. The minimum atomic E-state index is -2.62. The molecule has 8 heteroatoms. The van der Waals surface area contributed by atoms with E-state index < -0.39 is 5.92 Å². The lowest BCUT2D eigenvalue weighted by molar-refractivity contribution is -0.0794. The molecule has 2 aliphatic rings. The number of rotatable bonds is 4. The van der Waals surface area contributed by atoms with Gasteiger partial charge in [-0.3, -0.25) is 0 Å². The van der Waals surface area contributed by atoms with Crippen LogP contribution in [0.15, 0.2) is 6.20 Å². The third kappa shape index (κ3) is 3.85. The highest BCUT2D eigenvalue weighted by atomic mass is 19.3. The lowest BCUT2D eigenvalue weighted by Gasteiger charge is -2.35. The molecule has 0 saturated heterocycles. The highest BCUT2D eigenvalue weighted by Gasteiger charge is 2.45. The molecule has 0 bridgehead atoms. The zero-order valence-electron chi connectivity index (χ0n) is 12.6. The van der Waals surface area contributed by atoms with Gasteiger partial charge in [-0.25, -0.2) is 13.8 Å². The van der Waals surface area contributed by atoms with Crippen molar-refractivity contribution in [1.29, 1.82) is 5.26 Å². The van der Waals surface area contributed by atoms with Crippen molar-refractivity contribution in [3.05, 3.63) is 11.8 Å². The molecule has 124 valence electrons. The zero-order valence-corrected chi connectivity index (χ0v) is 12.6. The number of nitriles is 1. The molecule has 0 radical (unpaired) electrons. The van der Waals surface area contributed by atoms with Crippen LogP contribution >= 0.6 is 0 Å². The number of aliphatic hydroxyl groups is 1. The topological polar surface area (TPSA) is 93.9 Å². The molecule has 0 aliphatic heterocycles. The first-order chi connectivity index (χ1) is 10.9. The molecule has 0 amide bonds. The maximum absolute atomic E-state index is 12.9. The van der Waals surface area contributed by atoms with Crippen LogP contribution in [0.3, 0.4) is 0 Å².